The molecule has 10 heteroatoms. The van der Waals surface area contributed by atoms with Gasteiger partial charge in [-0.2, -0.15) is 5.21 Å². The number of benzene rings is 2. The fraction of sp³-hybridized carbons (Fsp3) is 0.105. The summed E-state index contributed by atoms with van der Waals surface area (Å²) in [5, 5.41) is 13.6. The van der Waals surface area contributed by atoms with Gasteiger partial charge in [0, 0.05) is 0 Å². The Bertz CT molecular complexity index is 1420. The number of hydrogen-bond donors (Lipinski definition) is 1. The molecule has 5 rings (SSSR count). The molecule has 9 nitrogen and oxygen atoms in total. The van der Waals surface area contributed by atoms with E-state index < -0.39 is 0 Å². The summed E-state index contributed by atoms with van der Waals surface area (Å²) in [6.07, 6.45) is 1.82. The number of ether oxygens (including phenoxy) is 2. The second-order valence-corrected chi connectivity index (χ2v) is 7.17. The molecule has 0 amide bonds. The summed E-state index contributed by atoms with van der Waals surface area (Å²) in [6.45, 7) is 0.163. The number of nitrogens with zero attached hydrogens (tertiary/aromatic N) is 5. The molecule has 0 saturated heterocycles. The molecule has 0 aliphatic heterocycles. The molecule has 5 aromatic rings. The molecule has 3 aromatic heterocycles. The first-order valence-electron chi connectivity index (χ1n) is 8.68. The Morgan fingerprint density at radius 2 is 2.10 bits per heavy atom. The Morgan fingerprint density at radius 1 is 1.21 bits per heavy atom. The number of fused-ring (bicyclic) bond motifs is 3. The maximum Gasteiger partial charge on any atom is 0.274 e. The van der Waals surface area contributed by atoms with Crippen LogP contribution in [0.15, 0.2) is 47.3 Å². The summed E-state index contributed by atoms with van der Waals surface area (Å²) in [4.78, 5) is 18.1. The molecule has 2 aromatic carbocycles. The predicted octanol–water partition coefficient (Wildman–Crippen LogP) is 1.56. The third kappa shape index (κ3) is 3.09. The molecule has 0 saturated carbocycles. The molecule has 0 bridgehead atoms. The van der Waals surface area contributed by atoms with Crippen LogP contribution in [0, 0.1) is 0 Å². The van der Waals surface area contributed by atoms with E-state index in [9.17, 15) is 4.79 Å². The number of aromatic amines is 1. The topological polar surface area (TPSA) is 107 Å². The lowest BCUT2D eigenvalue weighted by Gasteiger charge is -2.09. The van der Waals surface area contributed by atoms with Crippen LogP contribution in [0.2, 0.25) is 0 Å². The van der Waals surface area contributed by atoms with Gasteiger partial charge in [-0.25, -0.2) is 9.38 Å². The molecular formula is C19H14N6O3S. The molecule has 0 unspecified atom stereocenters. The number of tetrazole rings is 1. The van der Waals surface area contributed by atoms with Crippen molar-refractivity contribution in [3.05, 3.63) is 68.7 Å². The molecule has 1 N–H and O–H groups in total. The van der Waals surface area contributed by atoms with Gasteiger partial charge in [0.2, 0.25) is 5.82 Å². The summed E-state index contributed by atoms with van der Waals surface area (Å²) in [6, 6.07) is 13.0. The van der Waals surface area contributed by atoms with Gasteiger partial charge in [0.05, 0.1) is 22.7 Å². The number of methoxy groups -OCH3 is 1. The highest BCUT2D eigenvalue weighted by atomic mass is 32.1. The normalized spacial score (nSPS) is 12.1. The number of hydrogen-bond acceptors (Lipinski definition) is 8. The first kappa shape index (κ1) is 17.3. The Labute approximate surface area is 167 Å². The van der Waals surface area contributed by atoms with Crippen molar-refractivity contribution in [2.75, 3.05) is 7.11 Å². The summed E-state index contributed by atoms with van der Waals surface area (Å²) in [7, 11) is 1.56. The minimum absolute atomic E-state index is 0.0879. The van der Waals surface area contributed by atoms with E-state index in [2.05, 4.69) is 25.6 Å². The minimum Gasteiger partial charge on any atom is -0.493 e. The van der Waals surface area contributed by atoms with Gasteiger partial charge in [0.25, 0.3) is 5.56 Å². The van der Waals surface area contributed by atoms with E-state index in [0.717, 1.165) is 16.6 Å². The van der Waals surface area contributed by atoms with Crippen LogP contribution in [0.3, 0.4) is 0 Å². The summed E-state index contributed by atoms with van der Waals surface area (Å²) >= 11 is 1.36. The van der Waals surface area contributed by atoms with Gasteiger partial charge in [-0.05, 0) is 35.9 Å². The van der Waals surface area contributed by atoms with Gasteiger partial charge in [-0.3, -0.25) is 4.79 Å². The second kappa shape index (κ2) is 6.99. The van der Waals surface area contributed by atoms with Crippen molar-refractivity contribution in [3.63, 3.8) is 0 Å². The van der Waals surface area contributed by atoms with Gasteiger partial charge in [-0.15, -0.1) is 10.2 Å². The number of H-pyrrole nitrogens is 1. The standard InChI is InChI=1S/C19H14N6O3S/c1-27-15-8-11(6-7-14(15)28-10-17-21-23-24-22-17)9-16-18(26)25-13-5-3-2-4-12(13)20-19(25)29-16/h2-9H,10H2,1H3,(H,21,22,23,24)/b16-9+. The highest BCUT2D eigenvalue weighted by molar-refractivity contribution is 7.15. The Kier molecular flexibility index (Phi) is 4.17. The van der Waals surface area contributed by atoms with E-state index in [1.807, 2.05) is 42.5 Å². The zero-order chi connectivity index (χ0) is 19.8. The van der Waals surface area contributed by atoms with Crippen molar-refractivity contribution < 1.29 is 9.47 Å². The van der Waals surface area contributed by atoms with Gasteiger partial charge in [-0.1, -0.05) is 34.7 Å². The summed E-state index contributed by atoms with van der Waals surface area (Å²) in [5.41, 5.74) is 2.35. The zero-order valence-corrected chi connectivity index (χ0v) is 16.0. The molecular weight excluding hydrogens is 392 g/mol. The van der Waals surface area contributed by atoms with Gasteiger partial charge >= 0.3 is 0 Å². The third-order valence-corrected chi connectivity index (χ3v) is 5.35. The molecule has 0 aliphatic carbocycles. The second-order valence-electron chi connectivity index (χ2n) is 6.16. The predicted molar refractivity (Wildman–Crippen MR) is 107 cm³/mol. The lowest BCUT2D eigenvalue weighted by Crippen LogP contribution is -2.22. The summed E-state index contributed by atoms with van der Waals surface area (Å²) in [5.74, 6) is 1.53. The number of aromatic nitrogens is 6. The maximum absolute atomic E-state index is 12.9. The Morgan fingerprint density at radius 3 is 2.93 bits per heavy atom. The highest BCUT2D eigenvalue weighted by Gasteiger charge is 2.11. The average molecular weight is 406 g/mol. The molecule has 3 heterocycles. The first-order valence-corrected chi connectivity index (χ1v) is 9.49. The van der Waals surface area contributed by atoms with E-state index in [4.69, 9.17) is 9.47 Å². The van der Waals surface area contributed by atoms with Crippen LogP contribution in [0.5, 0.6) is 11.5 Å². The van der Waals surface area contributed by atoms with Crippen molar-refractivity contribution in [2.24, 2.45) is 0 Å². The molecule has 0 atom stereocenters. The van der Waals surface area contributed by atoms with Crippen molar-refractivity contribution in [2.45, 2.75) is 6.61 Å². The van der Waals surface area contributed by atoms with Crippen LogP contribution in [0.1, 0.15) is 11.4 Å². The quantitative estimate of drug-likeness (QED) is 0.472. The van der Waals surface area contributed by atoms with Crippen molar-refractivity contribution >= 4 is 33.4 Å². The number of rotatable bonds is 5. The van der Waals surface area contributed by atoms with Crippen LogP contribution in [0.25, 0.3) is 22.1 Å². The zero-order valence-electron chi connectivity index (χ0n) is 15.2. The third-order valence-electron chi connectivity index (χ3n) is 4.38. The van der Waals surface area contributed by atoms with E-state index >= 15 is 0 Å². The number of para-hydroxylation sites is 2. The Balaban J connectivity index is 1.51. The lowest BCUT2D eigenvalue weighted by atomic mass is 10.2. The fourth-order valence-corrected chi connectivity index (χ4v) is 4.03. The smallest absolute Gasteiger partial charge is 0.274 e. The van der Waals surface area contributed by atoms with E-state index in [1.54, 1.807) is 17.6 Å². The van der Waals surface area contributed by atoms with Crippen molar-refractivity contribution in [1.82, 2.24) is 30.0 Å². The van der Waals surface area contributed by atoms with Gasteiger partial charge in [0.1, 0.15) is 0 Å². The number of nitrogens with one attached hydrogen (secondary N) is 1. The SMILES string of the molecule is COc1cc(/C=c2/sc3nc4ccccc4n3c2=O)ccc1OCc1nn[nH]n1. The molecule has 0 fully saturated rings. The van der Waals surface area contributed by atoms with Crippen LogP contribution in [-0.2, 0) is 6.61 Å². The van der Waals surface area contributed by atoms with Crippen LogP contribution in [0.4, 0.5) is 0 Å². The van der Waals surface area contributed by atoms with Crippen molar-refractivity contribution in [1.29, 1.82) is 0 Å². The Hall–Kier alpha value is -3.79. The van der Waals surface area contributed by atoms with Crippen molar-refractivity contribution in [3.8, 4) is 11.5 Å². The van der Waals surface area contributed by atoms with Gasteiger partial charge in [0.15, 0.2) is 23.1 Å². The minimum atomic E-state index is -0.0879. The lowest BCUT2D eigenvalue weighted by molar-refractivity contribution is 0.276. The maximum atomic E-state index is 12.9. The summed E-state index contributed by atoms with van der Waals surface area (Å²) < 4.78 is 13.4. The van der Waals surface area contributed by atoms with Gasteiger partial charge < -0.3 is 9.47 Å². The average Bonchev–Trinajstić information content (AvgIpc) is 3.45. The van der Waals surface area contributed by atoms with Crippen LogP contribution in [-0.4, -0.2) is 37.1 Å². The monoisotopic (exact) mass is 406 g/mol. The van der Waals surface area contributed by atoms with E-state index in [-0.39, 0.29) is 12.2 Å². The highest BCUT2D eigenvalue weighted by Crippen LogP contribution is 2.29. The number of thiazole rings is 1. The molecule has 0 radical (unpaired) electrons. The molecule has 29 heavy (non-hydrogen) atoms. The molecule has 144 valence electrons. The van der Waals surface area contributed by atoms with Crippen LogP contribution < -0.4 is 19.6 Å². The molecule has 0 spiro atoms. The number of imidazole rings is 1. The fourth-order valence-electron chi connectivity index (χ4n) is 3.04. The van der Waals surface area contributed by atoms with E-state index in [0.29, 0.717) is 26.8 Å². The van der Waals surface area contributed by atoms with Crippen LogP contribution >= 0.6 is 11.3 Å². The largest absolute Gasteiger partial charge is 0.493 e. The first-order chi connectivity index (χ1) is 14.2. The van der Waals surface area contributed by atoms with E-state index in [1.165, 1.54) is 11.3 Å². The molecule has 0 aliphatic rings.